The average Bonchev–Trinajstić information content (AvgIpc) is 2.52. The fourth-order valence-electron chi connectivity index (χ4n) is 2.24. The number of esters is 1. The number of alkyl halides is 3. The topological polar surface area (TPSA) is 64.6 Å². The summed E-state index contributed by atoms with van der Waals surface area (Å²) in [5.41, 5.74) is 2.36. The first-order valence-electron chi connectivity index (χ1n) is 7.53. The molecule has 0 atom stereocenters. The van der Waals surface area contributed by atoms with Crippen molar-refractivity contribution in [3.05, 3.63) is 59.2 Å². The van der Waals surface area contributed by atoms with Gasteiger partial charge in [0.1, 0.15) is 5.75 Å². The van der Waals surface area contributed by atoms with E-state index in [4.69, 9.17) is 4.74 Å². The Labute approximate surface area is 147 Å². The Morgan fingerprint density at radius 3 is 2.12 bits per heavy atom. The number of amides is 1. The van der Waals surface area contributed by atoms with Crippen LogP contribution in [0.3, 0.4) is 0 Å². The summed E-state index contributed by atoms with van der Waals surface area (Å²) in [6.07, 6.45) is -4.78. The number of ether oxygens (including phenoxy) is 2. The van der Waals surface area contributed by atoms with Crippen LogP contribution in [-0.2, 0) is 9.53 Å². The first-order chi connectivity index (χ1) is 12.1. The summed E-state index contributed by atoms with van der Waals surface area (Å²) in [6, 6.07) is 9.79. The second-order valence-corrected chi connectivity index (χ2v) is 5.57. The summed E-state index contributed by atoms with van der Waals surface area (Å²) in [5.74, 6) is -1.66. The van der Waals surface area contributed by atoms with Crippen LogP contribution in [-0.4, -0.2) is 24.8 Å². The van der Waals surface area contributed by atoms with Crippen LogP contribution in [0.1, 0.15) is 21.5 Å². The van der Waals surface area contributed by atoms with E-state index >= 15 is 0 Å². The van der Waals surface area contributed by atoms with Crippen molar-refractivity contribution >= 4 is 17.6 Å². The van der Waals surface area contributed by atoms with Crippen molar-refractivity contribution in [2.45, 2.75) is 20.2 Å². The van der Waals surface area contributed by atoms with Crippen molar-refractivity contribution in [1.82, 2.24) is 0 Å². The van der Waals surface area contributed by atoms with Crippen LogP contribution in [0.4, 0.5) is 18.9 Å². The Balaban J connectivity index is 1.87. The number of carbonyl (C=O) groups is 2. The average molecular weight is 367 g/mol. The molecule has 1 N–H and O–H groups in total. The number of anilines is 1. The SMILES string of the molecule is Cc1cc(C)cc(C(=O)OCC(=O)Nc2ccc(OC(F)(F)F)cc2)c1. The third-order valence-corrected chi connectivity index (χ3v) is 3.16. The fourth-order valence-corrected chi connectivity index (χ4v) is 2.24. The maximum atomic E-state index is 12.1. The molecule has 0 aliphatic heterocycles. The normalized spacial score (nSPS) is 11.0. The highest BCUT2D eigenvalue weighted by molar-refractivity contribution is 5.95. The van der Waals surface area contributed by atoms with Crippen LogP contribution in [0.25, 0.3) is 0 Å². The van der Waals surface area contributed by atoms with E-state index in [0.717, 1.165) is 23.3 Å². The van der Waals surface area contributed by atoms with Crippen LogP contribution in [0, 0.1) is 13.8 Å². The third kappa shape index (κ3) is 6.12. The summed E-state index contributed by atoms with van der Waals surface area (Å²) < 4.78 is 44.9. The fraction of sp³-hybridized carbons (Fsp3) is 0.222. The Hall–Kier alpha value is -3.03. The molecule has 0 aliphatic rings. The van der Waals surface area contributed by atoms with Gasteiger partial charge in [-0.3, -0.25) is 4.79 Å². The number of hydrogen-bond donors (Lipinski definition) is 1. The molecule has 0 unspecified atom stereocenters. The van der Waals surface area contributed by atoms with Gasteiger partial charge in [0.15, 0.2) is 6.61 Å². The van der Waals surface area contributed by atoms with Gasteiger partial charge in [0.25, 0.3) is 5.91 Å². The molecule has 0 saturated carbocycles. The van der Waals surface area contributed by atoms with Crippen LogP contribution >= 0.6 is 0 Å². The molecular weight excluding hydrogens is 351 g/mol. The highest BCUT2D eigenvalue weighted by Crippen LogP contribution is 2.23. The lowest BCUT2D eigenvalue weighted by molar-refractivity contribution is -0.274. The van der Waals surface area contributed by atoms with Gasteiger partial charge in [0.05, 0.1) is 5.56 Å². The molecule has 2 aromatic carbocycles. The predicted molar refractivity (Wildman–Crippen MR) is 88.0 cm³/mol. The van der Waals surface area contributed by atoms with Gasteiger partial charge in [-0.2, -0.15) is 0 Å². The minimum Gasteiger partial charge on any atom is -0.452 e. The van der Waals surface area contributed by atoms with Gasteiger partial charge in [-0.1, -0.05) is 17.2 Å². The summed E-state index contributed by atoms with van der Waals surface area (Å²) in [5, 5.41) is 2.41. The van der Waals surface area contributed by atoms with E-state index in [1.165, 1.54) is 12.1 Å². The van der Waals surface area contributed by atoms with Crippen molar-refractivity contribution in [2.24, 2.45) is 0 Å². The second kappa shape index (κ2) is 7.90. The van der Waals surface area contributed by atoms with Crippen molar-refractivity contribution in [1.29, 1.82) is 0 Å². The molecule has 0 radical (unpaired) electrons. The smallest absolute Gasteiger partial charge is 0.452 e. The molecule has 138 valence electrons. The molecule has 2 rings (SSSR count). The zero-order valence-corrected chi connectivity index (χ0v) is 14.0. The molecule has 0 heterocycles. The van der Waals surface area contributed by atoms with Gasteiger partial charge in [-0.05, 0) is 50.2 Å². The quantitative estimate of drug-likeness (QED) is 0.812. The third-order valence-electron chi connectivity index (χ3n) is 3.16. The monoisotopic (exact) mass is 367 g/mol. The number of halogens is 3. The van der Waals surface area contributed by atoms with E-state index in [0.29, 0.717) is 5.56 Å². The molecule has 0 aromatic heterocycles. The van der Waals surface area contributed by atoms with Crippen LogP contribution < -0.4 is 10.1 Å². The number of carbonyl (C=O) groups excluding carboxylic acids is 2. The van der Waals surface area contributed by atoms with E-state index in [9.17, 15) is 22.8 Å². The number of nitrogens with one attached hydrogen (secondary N) is 1. The Kier molecular flexibility index (Phi) is 5.86. The van der Waals surface area contributed by atoms with Crippen molar-refractivity contribution < 1.29 is 32.2 Å². The number of benzene rings is 2. The van der Waals surface area contributed by atoms with Gasteiger partial charge in [0.2, 0.25) is 0 Å². The largest absolute Gasteiger partial charge is 0.573 e. The maximum Gasteiger partial charge on any atom is 0.573 e. The van der Waals surface area contributed by atoms with Crippen LogP contribution in [0.15, 0.2) is 42.5 Å². The minimum atomic E-state index is -4.78. The number of rotatable bonds is 5. The summed E-state index contributed by atoms with van der Waals surface area (Å²) >= 11 is 0. The zero-order valence-electron chi connectivity index (χ0n) is 14.0. The van der Waals surface area contributed by atoms with Gasteiger partial charge in [0, 0.05) is 5.69 Å². The highest BCUT2D eigenvalue weighted by Gasteiger charge is 2.30. The molecule has 0 saturated heterocycles. The number of aryl methyl sites for hydroxylation is 2. The molecule has 2 aromatic rings. The molecule has 0 aliphatic carbocycles. The van der Waals surface area contributed by atoms with Gasteiger partial charge in [-0.15, -0.1) is 13.2 Å². The molecule has 0 bridgehead atoms. The second-order valence-electron chi connectivity index (χ2n) is 5.57. The highest BCUT2D eigenvalue weighted by atomic mass is 19.4. The lowest BCUT2D eigenvalue weighted by atomic mass is 10.1. The van der Waals surface area contributed by atoms with Crippen LogP contribution in [0.5, 0.6) is 5.75 Å². The molecule has 8 heteroatoms. The Morgan fingerprint density at radius 2 is 1.58 bits per heavy atom. The van der Waals surface area contributed by atoms with Gasteiger partial charge < -0.3 is 14.8 Å². The zero-order chi connectivity index (χ0) is 19.3. The van der Waals surface area contributed by atoms with Gasteiger partial charge in [-0.25, -0.2) is 4.79 Å². The van der Waals surface area contributed by atoms with Crippen molar-refractivity contribution in [3.63, 3.8) is 0 Å². The molecule has 0 spiro atoms. The minimum absolute atomic E-state index is 0.243. The molecule has 0 fully saturated rings. The van der Waals surface area contributed by atoms with E-state index < -0.39 is 30.6 Å². The van der Waals surface area contributed by atoms with E-state index in [2.05, 4.69) is 10.1 Å². The molecule has 1 amide bonds. The van der Waals surface area contributed by atoms with E-state index in [-0.39, 0.29) is 5.69 Å². The summed E-state index contributed by atoms with van der Waals surface area (Å²) in [7, 11) is 0. The maximum absolute atomic E-state index is 12.1. The van der Waals surface area contributed by atoms with Crippen molar-refractivity contribution in [2.75, 3.05) is 11.9 Å². The predicted octanol–water partition coefficient (Wildman–Crippen LogP) is 4.00. The molecular formula is C18H16F3NO4. The van der Waals surface area contributed by atoms with Crippen LogP contribution in [0.2, 0.25) is 0 Å². The summed E-state index contributed by atoms with van der Waals surface area (Å²) in [6.45, 7) is 3.15. The first kappa shape index (κ1) is 19.3. The molecule has 5 nitrogen and oxygen atoms in total. The standard InChI is InChI=1S/C18H16F3NO4/c1-11-7-12(2)9-13(8-11)17(24)25-10-16(23)22-14-3-5-15(6-4-14)26-18(19,20)21/h3-9H,10H2,1-2H3,(H,22,23). The first-order valence-corrected chi connectivity index (χ1v) is 7.53. The summed E-state index contributed by atoms with van der Waals surface area (Å²) in [4.78, 5) is 23.8. The van der Waals surface area contributed by atoms with Gasteiger partial charge >= 0.3 is 12.3 Å². The van der Waals surface area contributed by atoms with Crippen molar-refractivity contribution in [3.8, 4) is 5.75 Å². The molecule has 26 heavy (non-hydrogen) atoms. The lowest BCUT2D eigenvalue weighted by Gasteiger charge is -2.10. The Morgan fingerprint density at radius 1 is 1.00 bits per heavy atom. The number of hydrogen-bond acceptors (Lipinski definition) is 4. The Bertz CT molecular complexity index is 781. The lowest BCUT2D eigenvalue weighted by Crippen LogP contribution is -2.21. The van der Waals surface area contributed by atoms with E-state index in [1.807, 2.05) is 19.9 Å². The van der Waals surface area contributed by atoms with E-state index in [1.54, 1.807) is 12.1 Å².